The summed E-state index contributed by atoms with van der Waals surface area (Å²) >= 11 is 13.8. The van der Waals surface area contributed by atoms with Crippen molar-refractivity contribution in [1.82, 2.24) is 25.0 Å². The van der Waals surface area contributed by atoms with Gasteiger partial charge < -0.3 is 5.32 Å². The van der Waals surface area contributed by atoms with Gasteiger partial charge in [-0.15, -0.1) is 11.3 Å². The first-order valence-electron chi connectivity index (χ1n) is 12.7. The number of benzene rings is 2. The van der Waals surface area contributed by atoms with Crippen LogP contribution in [0.4, 0.5) is 10.5 Å². The van der Waals surface area contributed by atoms with Crippen molar-refractivity contribution in [1.29, 1.82) is 0 Å². The SMILES string of the molecule is Cn1cc(CNC(=O)N2CC3(CCN(CC=Cc4ccc(Cl)c(Cl)c4)CC3)c3c2ccc2scnc32)cn1. The molecule has 0 aliphatic carbocycles. The molecule has 4 aromatic rings. The lowest BCUT2D eigenvalue weighted by molar-refractivity contribution is 0.180. The summed E-state index contributed by atoms with van der Waals surface area (Å²) in [6.07, 6.45) is 9.92. The Bertz CT molecular complexity index is 1520. The van der Waals surface area contributed by atoms with Gasteiger partial charge in [0.15, 0.2) is 0 Å². The number of nitrogens with zero attached hydrogens (tertiary/aromatic N) is 5. The predicted octanol–water partition coefficient (Wildman–Crippen LogP) is 6.11. The third-order valence-electron chi connectivity index (χ3n) is 7.64. The molecule has 38 heavy (non-hydrogen) atoms. The smallest absolute Gasteiger partial charge is 0.322 e. The van der Waals surface area contributed by atoms with Gasteiger partial charge >= 0.3 is 6.03 Å². The number of carbonyl (C=O) groups excluding carboxylic acids is 1. The van der Waals surface area contributed by atoms with Crippen LogP contribution in [-0.2, 0) is 19.0 Å². The van der Waals surface area contributed by atoms with Crippen molar-refractivity contribution in [2.24, 2.45) is 7.05 Å². The first-order valence-corrected chi connectivity index (χ1v) is 14.3. The number of nitrogens with one attached hydrogen (secondary N) is 1. The van der Waals surface area contributed by atoms with Gasteiger partial charge in [-0.1, -0.05) is 41.4 Å². The minimum Gasteiger partial charge on any atom is -0.333 e. The van der Waals surface area contributed by atoms with Crippen LogP contribution < -0.4 is 10.2 Å². The van der Waals surface area contributed by atoms with Crippen LogP contribution in [-0.4, -0.2) is 51.9 Å². The number of urea groups is 1. The highest BCUT2D eigenvalue weighted by molar-refractivity contribution is 7.16. The van der Waals surface area contributed by atoms with Crippen LogP contribution in [0.1, 0.15) is 29.5 Å². The molecular weight excluding hydrogens is 539 g/mol. The van der Waals surface area contributed by atoms with E-state index >= 15 is 0 Å². The van der Waals surface area contributed by atoms with Crippen LogP contribution in [0, 0.1) is 0 Å². The van der Waals surface area contributed by atoms with Crippen molar-refractivity contribution in [3.05, 3.63) is 81.0 Å². The monoisotopic (exact) mass is 566 g/mol. The lowest BCUT2D eigenvalue weighted by atomic mass is 9.74. The van der Waals surface area contributed by atoms with Crippen molar-refractivity contribution in [2.75, 3.05) is 31.1 Å². The third-order valence-corrected chi connectivity index (χ3v) is 9.17. The molecule has 196 valence electrons. The fraction of sp³-hybridized carbons (Fsp3) is 0.321. The molecule has 4 heterocycles. The van der Waals surface area contributed by atoms with E-state index in [1.54, 1.807) is 22.2 Å². The number of piperidine rings is 1. The number of aromatic nitrogens is 3. The van der Waals surface area contributed by atoms with Crippen molar-refractivity contribution in [2.45, 2.75) is 24.8 Å². The number of halogens is 2. The van der Waals surface area contributed by atoms with Gasteiger partial charge in [0.2, 0.25) is 0 Å². The standard InChI is InChI=1S/C28H28Cl2N6OS/c1-34-16-20(15-33-34)14-31-27(37)36-17-28(25-23(36)6-7-24-26(25)32-18-38-24)8-11-35(12-9-28)10-2-3-19-4-5-21(29)22(30)13-19/h2-7,13,15-16,18H,8-12,14,17H2,1H3,(H,31,37). The second kappa shape index (κ2) is 10.3. The van der Waals surface area contributed by atoms with Gasteiger partial charge in [-0.2, -0.15) is 5.10 Å². The molecular formula is C28H28Cl2N6OS. The molecule has 6 rings (SSSR count). The van der Waals surface area contributed by atoms with E-state index < -0.39 is 0 Å². The van der Waals surface area contributed by atoms with Gasteiger partial charge in [-0.25, -0.2) is 9.78 Å². The van der Waals surface area contributed by atoms with Gasteiger partial charge in [0.05, 0.1) is 37.7 Å². The zero-order valence-corrected chi connectivity index (χ0v) is 23.4. The molecule has 2 aliphatic heterocycles. The number of thiazole rings is 1. The summed E-state index contributed by atoms with van der Waals surface area (Å²) in [5.41, 5.74) is 7.09. The first kappa shape index (κ1) is 25.4. The second-order valence-electron chi connectivity index (χ2n) is 10.1. The normalized spacial score (nSPS) is 17.1. The highest BCUT2D eigenvalue weighted by Crippen LogP contribution is 2.50. The Morgan fingerprint density at radius 1 is 1.18 bits per heavy atom. The van der Waals surface area contributed by atoms with Crippen molar-refractivity contribution in [3.8, 4) is 0 Å². The number of rotatable bonds is 5. The molecule has 2 aromatic carbocycles. The average molecular weight is 568 g/mol. The predicted molar refractivity (Wildman–Crippen MR) is 155 cm³/mol. The molecule has 2 aromatic heterocycles. The van der Waals surface area contributed by atoms with Gasteiger partial charge in [0.1, 0.15) is 0 Å². The van der Waals surface area contributed by atoms with Crippen LogP contribution in [0.2, 0.25) is 10.0 Å². The third kappa shape index (κ3) is 4.82. The maximum atomic E-state index is 13.4. The summed E-state index contributed by atoms with van der Waals surface area (Å²) in [5.74, 6) is 0. The molecule has 0 bridgehead atoms. The number of likely N-dealkylation sites (tertiary alicyclic amines) is 1. The lowest BCUT2D eigenvalue weighted by Crippen LogP contribution is -2.47. The van der Waals surface area contributed by atoms with E-state index in [2.05, 4.69) is 39.6 Å². The Hall–Kier alpha value is -2.91. The molecule has 1 fully saturated rings. The fourth-order valence-corrected chi connectivity index (χ4v) is 6.67. The Morgan fingerprint density at radius 3 is 2.79 bits per heavy atom. The molecule has 0 atom stereocenters. The molecule has 2 amide bonds. The van der Waals surface area contributed by atoms with E-state index in [9.17, 15) is 4.79 Å². The summed E-state index contributed by atoms with van der Waals surface area (Å²) in [5, 5.41) is 8.43. The average Bonchev–Trinajstić information content (AvgIpc) is 3.63. The fourth-order valence-electron chi connectivity index (χ4n) is 5.68. The zero-order valence-electron chi connectivity index (χ0n) is 21.0. The Kier molecular flexibility index (Phi) is 6.90. The largest absolute Gasteiger partial charge is 0.333 e. The van der Waals surface area contributed by atoms with Gasteiger partial charge in [0, 0.05) is 49.4 Å². The quantitative estimate of drug-likeness (QED) is 0.316. The summed E-state index contributed by atoms with van der Waals surface area (Å²) in [4.78, 5) is 22.5. The highest BCUT2D eigenvalue weighted by atomic mass is 35.5. The van der Waals surface area contributed by atoms with E-state index in [-0.39, 0.29) is 11.4 Å². The summed E-state index contributed by atoms with van der Waals surface area (Å²) in [6, 6.07) is 9.79. The number of aryl methyl sites for hydroxylation is 1. The molecule has 0 radical (unpaired) electrons. The number of carbonyl (C=O) groups is 1. The molecule has 1 spiro atoms. The molecule has 10 heteroatoms. The topological polar surface area (TPSA) is 66.3 Å². The van der Waals surface area contributed by atoms with Gasteiger partial charge in [0.25, 0.3) is 0 Å². The molecule has 0 saturated carbocycles. The molecule has 7 nitrogen and oxygen atoms in total. The number of amides is 2. The molecule has 2 aliphatic rings. The van der Waals surface area contributed by atoms with E-state index in [1.165, 1.54) is 10.3 Å². The van der Waals surface area contributed by atoms with Crippen LogP contribution in [0.3, 0.4) is 0 Å². The zero-order chi connectivity index (χ0) is 26.3. The number of hydrogen-bond acceptors (Lipinski definition) is 5. The van der Waals surface area contributed by atoms with Crippen LogP contribution in [0.25, 0.3) is 16.3 Å². The lowest BCUT2D eigenvalue weighted by Gasteiger charge is -2.39. The van der Waals surface area contributed by atoms with Crippen molar-refractivity contribution < 1.29 is 4.79 Å². The highest BCUT2D eigenvalue weighted by Gasteiger charge is 2.47. The van der Waals surface area contributed by atoms with Crippen LogP contribution in [0.15, 0.2) is 54.3 Å². The van der Waals surface area contributed by atoms with Crippen molar-refractivity contribution >= 4 is 62.5 Å². The minimum absolute atomic E-state index is 0.0754. The molecule has 0 unspecified atom stereocenters. The summed E-state index contributed by atoms with van der Waals surface area (Å²) < 4.78 is 2.92. The Labute approximate surface area is 235 Å². The number of fused-ring (bicyclic) bond motifs is 4. The minimum atomic E-state index is -0.0987. The van der Waals surface area contributed by atoms with Crippen LogP contribution >= 0.6 is 34.5 Å². The molecule has 1 saturated heterocycles. The first-order chi connectivity index (χ1) is 18.4. The van der Waals surface area contributed by atoms with Gasteiger partial charge in [-0.05, 0) is 55.8 Å². The maximum absolute atomic E-state index is 13.4. The number of anilines is 1. The van der Waals surface area contributed by atoms with E-state index in [0.717, 1.165) is 54.8 Å². The summed E-state index contributed by atoms with van der Waals surface area (Å²) in [7, 11) is 1.88. The van der Waals surface area contributed by atoms with Crippen LogP contribution in [0.5, 0.6) is 0 Å². The van der Waals surface area contributed by atoms with E-state index in [1.807, 2.05) is 41.9 Å². The van der Waals surface area contributed by atoms with Crippen molar-refractivity contribution in [3.63, 3.8) is 0 Å². The Morgan fingerprint density at radius 2 is 2.03 bits per heavy atom. The van der Waals surface area contributed by atoms with E-state index in [0.29, 0.717) is 23.1 Å². The maximum Gasteiger partial charge on any atom is 0.322 e. The van der Waals surface area contributed by atoms with E-state index in [4.69, 9.17) is 28.2 Å². The Balaban J connectivity index is 1.18. The molecule has 1 N–H and O–H groups in total. The van der Waals surface area contributed by atoms with Gasteiger partial charge in [-0.3, -0.25) is 14.5 Å². The second-order valence-corrected chi connectivity index (χ2v) is 11.8. The number of hydrogen-bond donors (Lipinski definition) is 1. The summed E-state index contributed by atoms with van der Waals surface area (Å²) in [6.45, 7) is 3.89.